The summed E-state index contributed by atoms with van der Waals surface area (Å²) in [7, 11) is 0. The fourth-order valence-corrected chi connectivity index (χ4v) is 0.917. The molecule has 0 spiro atoms. The van der Waals surface area contributed by atoms with Gasteiger partial charge in [0.2, 0.25) is 0 Å². The molecule has 0 fully saturated rings. The summed E-state index contributed by atoms with van der Waals surface area (Å²) in [6.45, 7) is 0.662. The monoisotopic (exact) mass is 201 g/mol. The zero-order valence-corrected chi connectivity index (χ0v) is 7.94. The number of aromatic nitrogens is 1. The van der Waals surface area contributed by atoms with E-state index in [2.05, 4.69) is 4.98 Å². The van der Waals surface area contributed by atoms with Crippen LogP contribution in [0.1, 0.15) is 5.69 Å². The Bertz CT molecular complexity index is 230. The van der Waals surface area contributed by atoms with Gasteiger partial charge in [-0.05, 0) is 12.1 Å². The average molecular weight is 202 g/mol. The molecule has 0 radical (unpaired) electrons. The minimum Gasteiger partial charge on any atom is -0.389 e. The van der Waals surface area contributed by atoms with E-state index in [1.165, 1.54) is 0 Å². The standard InChI is InChI=1S/C9H12ClNO2/c10-5-9(12)7-13-6-8-3-1-2-4-11-8/h1-4,9,12H,5-7H2. The first kappa shape index (κ1) is 10.4. The lowest BCUT2D eigenvalue weighted by Gasteiger charge is -2.06. The van der Waals surface area contributed by atoms with Crippen molar-refractivity contribution in [3.8, 4) is 0 Å². The summed E-state index contributed by atoms with van der Waals surface area (Å²) in [6.07, 6.45) is 1.11. The topological polar surface area (TPSA) is 42.4 Å². The molecule has 1 unspecified atom stereocenters. The summed E-state index contributed by atoms with van der Waals surface area (Å²) in [5.41, 5.74) is 0.851. The van der Waals surface area contributed by atoms with Crippen LogP contribution in [0.3, 0.4) is 0 Å². The van der Waals surface area contributed by atoms with Gasteiger partial charge >= 0.3 is 0 Å². The number of hydrogen-bond donors (Lipinski definition) is 1. The normalized spacial score (nSPS) is 12.8. The summed E-state index contributed by atoms with van der Waals surface area (Å²) in [6, 6.07) is 5.61. The van der Waals surface area contributed by atoms with Crippen LogP contribution in [0.15, 0.2) is 24.4 Å². The van der Waals surface area contributed by atoms with E-state index >= 15 is 0 Å². The third kappa shape index (κ3) is 4.22. The Morgan fingerprint density at radius 2 is 2.38 bits per heavy atom. The van der Waals surface area contributed by atoms with Crippen molar-refractivity contribution in [3.63, 3.8) is 0 Å². The first-order valence-electron chi connectivity index (χ1n) is 4.04. The predicted molar refractivity (Wildman–Crippen MR) is 50.6 cm³/mol. The highest BCUT2D eigenvalue weighted by atomic mass is 35.5. The van der Waals surface area contributed by atoms with Gasteiger partial charge in [-0.25, -0.2) is 0 Å². The largest absolute Gasteiger partial charge is 0.389 e. The van der Waals surface area contributed by atoms with Crippen molar-refractivity contribution in [2.24, 2.45) is 0 Å². The number of rotatable bonds is 5. The van der Waals surface area contributed by atoms with E-state index in [1.807, 2.05) is 18.2 Å². The van der Waals surface area contributed by atoms with Crippen molar-refractivity contribution in [2.45, 2.75) is 12.7 Å². The molecule has 1 aromatic rings. The number of aliphatic hydroxyl groups excluding tert-OH is 1. The molecule has 1 heterocycles. The smallest absolute Gasteiger partial charge is 0.0908 e. The van der Waals surface area contributed by atoms with E-state index in [1.54, 1.807) is 6.20 Å². The van der Waals surface area contributed by atoms with E-state index < -0.39 is 6.10 Å². The van der Waals surface area contributed by atoms with E-state index in [9.17, 15) is 0 Å². The SMILES string of the molecule is OC(CCl)COCc1ccccn1. The lowest BCUT2D eigenvalue weighted by Crippen LogP contribution is -2.16. The van der Waals surface area contributed by atoms with Crippen molar-refractivity contribution < 1.29 is 9.84 Å². The summed E-state index contributed by atoms with van der Waals surface area (Å²) < 4.78 is 5.18. The Hall–Kier alpha value is -0.640. The highest BCUT2D eigenvalue weighted by Gasteiger charge is 2.01. The molecule has 13 heavy (non-hydrogen) atoms. The van der Waals surface area contributed by atoms with Gasteiger partial charge in [-0.2, -0.15) is 0 Å². The van der Waals surface area contributed by atoms with Crippen molar-refractivity contribution in [1.29, 1.82) is 0 Å². The zero-order valence-electron chi connectivity index (χ0n) is 7.19. The van der Waals surface area contributed by atoms with Crippen LogP contribution >= 0.6 is 11.6 Å². The summed E-state index contributed by atoms with van der Waals surface area (Å²) in [4.78, 5) is 4.06. The van der Waals surface area contributed by atoms with Crippen LogP contribution in [0, 0.1) is 0 Å². The number of halogens is 1. The summed E-state index contributed by atoms with van der Waals surface area (Å²) in [5.74, 6) is 0.197. The number of aliphatic hydroxyl groups is 1. The number of ether oxygens (including phenoxy) is 1. The van der Waals surface area contributed by atoms with Crippen LogP contribution in [0.2, 0.25) is 0 Å². The van der Waals surface area contributed by atoms with Crippen LogP contribution in [0.4, 0.5) is 0 Å². The van der Waals surface area contributed by atoms with Gasteiger partial charge in [0.1, 0.15) is 0 Å². The van der Waals surface area contributed by atoms with Crippen molar-refractivity contribution in [1.82, 2.24) is 4.98 Å². The number of pyridine rings is 1. The van der Waals surface area contributed by atoms with E-state index in [-0.39, 0.29) is 12.5 Å². The highest BCUT2D eigenvalue weighted by Crippen LogP contribution is 1.97. The van der Waals surface area contributed by atoms with Gasteiger partial charge in [0, 0.05) is 6.20 Å². The Labute approximate surface area is 82.3 Å². The molecule has 1 N–H and O–H groups in total. The lowest BCUT2D eigenvalue weighted by molar-refractivity contribution is 0.0379. The van der Waals surface area contributed by atoms with Crippen LogP contribution in [-0.4, -0.2) is 28.7 Å². The van der Waals surface area contributed by atoms with Crippen LogP contribution in [0.25, 0.3) is 0 Å². The maximum atomic E-state index is 9.06. The molecule has 1 aromatic heterocycles. The second-order valence-electron chi connectivity index (χ2n) is 2.64. The molecule has 0 bridgehead atoms. The third-order valence-electron chi connectivity index (χ3n) is 1.46. The lowest BCUT2D eigenvalue weighted by atomic mass is 10.4. The second kappa shape index (κ2) is 5.91. The van der Waals surface area contributed by atoms with Crippen molar-refractivity contribution in [2.75, 3.05) is 12.5 Å². The minimum atomic E-state index is -0.592. The van der Waals surface area contributed by atoms with Crippen LogP contribution < -0.4 is 0 Å². The van der Waals surface area contributed by atoms with Gasteiger partial charge in [0.05, 0.1) is 30.9 Å². The molecule has 72 valence electrons. The zero-order chi connectivity index (χ0) is 9.52. The maximum absolute atomic E-state index is 9.06. The fourth-order valence-electron chi connectivity index (χ4n) is 0.828. The molecule has 0 amide bonds. The van der Waals surface area contributed by atoms with Crippen LogP contribution in [-0.2, 0) is 11.3 Å². The molecule has 0 aliphatic carbocycles. The van der Waals surface area contributed by atoms with Crippen LogP contribution in [0.5, 0.6) is 0 Å². The quantitative estimate of drug-likeness (QED) is 0.728. The average Bonchev–Trinajstić information content (AvgIpc) is 2.19. The third-order valence-corrected chi connectivity index (χ3v) is 1.82. The number of hydrogen-bond acceptors (Lipinski definition) is 3. The molecule has 0 aromatic carbocycles. The molecule has 0 aliphatic rings. The van der Waals surface area contributed by atoms with E-state index in [4.69, 9.17) is 21.4 Å². The predicted octanol–water partition coefficient (Wildman–Crippen LogP) is 1.20. The fraction of sp³-hybridized carbons (Fsp3) is 0.444. The minimum absolute atomic E-state index is 0.197. The summed E-state index contributed by atoms with van der Waals surface area (Å²) in [5, 5.41) is 9.06. The van der Waals surface area contributed by atoms with Gasteiger partial charge in [0.15, 0.2) is 0 Å². The van der Waals surface area contributed by atoms with Crippen molar-refractivity contribution >= 4 is 11.6 Å². The Balaban J connectivity index is 2.20. The molecule has 3 nitrogen and oxygen atoms in total. The van der Waals surface area contributed by atoms with Crippen molar-refractivity contribution in [3.05, 3.63) is 30.1 Å². The Morgan fingerprint density at radius 3 is 3.00 bits per heavy atom. The molecule has 0 saturated carbocycles. The van der Waals surface area contributed by atoms with Gasteiger partial charge in [-0.15, -0.1) is 11.6 Å². The molecule has 1 atom stereocenters. The molecular weight excluding hydrogens is 190 g/mol. The second-order valence-corrected chi connectivity index (χ2v) is 2.95. The molecular formula is C9H12ClNO2. The Kier molecular flexibility index (Phi) is 4.75. The number of nitrogens with zero attached hydrogens (tertiary/aromatic N) is 1. The summed E-state index contributed by atoms with van der Waals surface area (Å²) >= 11 is 5.39. The molecule has 4 heteroatoms. The molecule has 0 saturated heterocycles. The number of alkyl halides is 1. The molecule has 1 rings (SSSR count). The van der Waals surface area contributed by atoms with E-state index in [0.717, 1.165) is 5.69 Å². The maximum Gasteiger partial charge on any atom is 0.0908 e. The van der Waals surface area contributed by atoms with E-state index in [0.29, 0.717) is 6.61 Å². The van der Waals surface area contributed by atoms with Gasteiger partial charge < -0.3 is 9.84 Å². The Morgan fingerprint density at radius 1 is 1.54 bits per heavy atom. The molecule has 0 aliphatic heterocycles. The van der Waals surface area contributed by atoms with Gasteiger partial charge in [-0.1, -0.05) is 6.07 Å². The van der Waals surface area contributed by atoms with Gasteiger partial charge in [-0.3, -0.25) is 4.98 Å². The first-order chi connectivity index (χ1) is 6.33. The van der Waals surface area contributed by atoms with Gasteiger partial charge in [0.25, 0.3) is 0 Å². The first-order valence-corrected chi connectivity index (χ1v) is 4.58. The highest BCUT2D eigenvalue weighted by molar-refractivity contribution is 6.18.